The summed E-state index contributed by atoms with van der Waals surface area (Å²) < 4.78 is 24.6. The first-order chi connectivity index (χ1) is 16.9. The van der Waals surface area contributed by atoms with Gasteiger partial charge < -0.3 is 14.6 Å². The molecular weight excluding hydrogens is 471 g/mol. The van der Waals surface area contributed by atoms with Crippen molar-refractivity contribution >= 4 is 28.9 Å². The average Bonchev–Trinajstić information content (AvgIpc) is 3.34. The van der Waals surface area contributed by atoms with E-state index in [1.165, 1.54) is 17.0 Å². The average molecular weight is 491 g/mol. The van der Waals surface area contributed by atoms with E-state index in [0.717, 1.165) is 0 Å². The van der Waals surface area contributed by atoms with E-state index in [-0.39, 0.29) is 17.7 Å². The lowest BCUT2D eigenvalue weighted by atomic mass is 9.94. The SMILES string of the molecule is COc1cccc(N2C(=O)NC(c3ccc(F)cc3)C(c3nc(-c4cccc(Cl)c4)no3)=C2C)c1. The number of ether oxygens (including phenoxy) is 1. The van der Waals surface area contributed by atoms with E-state index in [9.17, 15) is 9.18 Å². The van der Waals surface area contributed by atoms with Crippen molar-refractivity contribution in [2.45, 2.75) is 13.0 Å². The maximum Gasteiger partial charge on any atom is 0.327 e. The smallest absolute Gasteiger partial charge is 0.327 e. The van der Waals surface area contributed by atoms with Crippen LogP contribution in [-0.2, 0) is 0 Å². The zero-order chi connectivity index (χ0) is 24.5. The number of carbonyl (C=O) groups is 1. The molecule has 1 aliphatic rings. The molecule has 176 valence electrons. The first-order valence-electron chi connectivity index (χ1n) is 10.8. The molecule has 1 unspecified atom stereocenters. The second-order valence-corrected chi connectivity index (χ2v) is 8.34. The Labute approximate surface area is 205 Å². The van der Waals surface area contributed by atoms with Gasteiger partial charge in [0.2, 0.25) is 5.82 Å². The highest BCUT2D eigenvalue weighted by Gasteiger charge is 2.36. The van der Waals surface area contributed by atoms with E-state index < -0.39 is 6.04 Å². The van der Waals surface area contributed by atoms with E-state index in [1.807, 2.05) is 6.07 Å². The lowest BCUT2D eigenvalue weighted by Crippen LogP contribution is -2.46. The van der Waals surface area contributed by atoms with E-state index >= 15 is 0 Å². The van der Waals surface area contributed by atoms with Gasteiger partial charge >= 0.3 is 6.03 Å². The molecular formula is C26H20ClFN4O3. The molecule has 2 heterocycles. The molecule has 0 fully saturated rings. The molecule has 0 aliphatic carbocycles. The number of benzene rings is 3. The van der Waals surface area contributed by atoms with Crippen molar-refractivity contribution in [1.82, 2.24) is 15.5 Å². The third-order valence-electron chi connectivity index (χ3n) is 5.74. The third-order valence-corrected chi connectivity index (χ3v) is 5.97. The van der Waals surface area contributed by atoms with Crippen LogP contribution in [0.15, 0.2) is 83.0 Å². The summed E-state index contributed by atoms with van der Waals surface area (Å²) >= 11 is 6.13. The topological polar surface area (TPSA) is 80.5 Å². The van der Waals surface area contributed by atoms with Crippen molar-refractivity contribution in [2.24, 2.45) is 0 Å². The van der Waals surface area contributed by atoms with E-state index in [2.05, 4.69) is 15.5 Å². The van der Waals surface area contributed by atoms with Crippen LogP contribution in [0.1, 0.15) is 24.4 Å². The first-order valence-corrected chi connectivity index (χ1v) is 11.1. The fraction of sp³-hybridized carbons (Fsp3) is 0.115. The van der Waals surface area contributed by atoms with Crippen molar-refractivity contribution < 1.29 is 18.4 Å². The minimum atomic E-state index is -0.641. The first kappa shape index (κ1) is 22.6. The Bertz CT molecular complexity index is 1430. The molecule has 5 rings (SSSR count). The van der Waals surface area contributed by atoms with Gasteiger partial charge in [-0.25, -0.2) is 9.18 Å². The highest BCUT2D eigenvalue weighted by Crippen LogP contribution is 2.39. The van der Waals surface area contributed by atoms with E-state index in [0.29, 0.717) is 44.7 Å². The van der Waals surface area contributed by atoms with Crippen LogP contribution in [-0.4, -0.2) is 23.3 Å². The normalized spacial score (nSPS) is 15.8. The van der Waals surface area contributed by atoms with Gasteiger partial charge in [0.1, 0.15) is 11.6 Å². The van der Waals surface area contributed by atoms with Crippen molar-refractivity contribution in [1.29, 1.82) is 0 Å². The van der Waals surface area contributed by atoms with Crippen LogP contribution >= 0.6 is 11.6 Å². The van der Waals surface area contributed by atoms with Crippen LogP contribution in [0.25, 0.3) is 17.0 Å². The number of carbonyl (C=O) groups excluding carboxylic acids is 1. The van der Waals surface area contributed by atoms with Crippen LogP contribution in [0, 0.1) is 5.82 Å². The third kappa shape index (κ3) is 4.36. The highest BCUT2D eigenvalue weighted by molar-refractivity contribution is 6.30. The number of anilines is 1. The number of methoxy groups -OCH3 is 1. The second-order valence-electron chi connectivity index (χ2n) is 7.90. The molecule has 35 heavy (non-hydrogen) atoms. The lowest BCUT2D eigenvalue weighted by molar-refractivity contribution is 0.244. The number of nitrogens with zero attached hydrogens (tertiary/aromatic N) is 3. The fourth-order valence-corrected chi connectivity index (χ4v) is 4.25. The van der Waals surface area contributed by atoms with Gasteiger partial charge in [0.15, 0.2) is 0 Å². The number of aromatic nitrogens is 2. The molecule has 9 heteroatoms. The zero-order valence-electron chi connectivity index (χ0n) is 18.8. The Morgan fingerprint density at radius 1 is 1.09 bits per heavy atom. The Morgan fingerprint density at radius 3 is 2.60 bits per heavy atom. The Hall–Kier alpha value is -4.17. The molecule has 0 saturated heterocycles. The molecule has 1 aromatic heterocycles. The molecule has 1 N–H and O–H groups in total. The molecule has 1 aliphatic heterocycles. The summed E-state index contributed by atoms with van der Waals surface area (Å²) in [7, 11) is 1.56. The van der Waals surface area contributed by atoms with Gasteiger partial charge in [-0.2, -0.15) is 4.98 Å². The van der Waals surface area contributed by atoms with Gasteiger partial charge in [-0.3, -0.25) is 4.90 Å². The van der Waals surface area contributed by atoms with Gasteiger partial charge in [0, 0.05) is 22.3 Å². The summed E-state index contributed by atoms with van der Waals surface area (Å²) in [6.45, 7) is 1.80. The highest BCUT2D eigenvalue weighted by atomic mass is 35.5. The Balaban J connectivity index is 1.66. The van der Waals surface area contributed by atoms with Crippen LogP contribution in [0.4, 0.5) is 14.9 Å². The molecule has 1 atom stereocenters. The Morgan fingerprint density at radius 2 is 1.86 bits per heavy atom. The number of amides is 2. The summed E-state index contributed by atoms with van der Waals surface area (Å²) in [4.78, 5) is 19.4. The van der Waals surface area contributed by atoms with Crippen molar-refractivity contribution in [2.75, 3.05) is 12.0 Å². The number of nitrogens with one attached hydrogen (secondary N) is 1. The van der Waals surface area contributed by atoms with Crippen LogP contribution in [0.3, 0.4) is 0 Å². The second kappa shape index (κ2) is 9.23. The molecule has 4 aromatic rings. The van der Waals surface area contributed by atoms with Crippen molar-refractivity contribution in [3.05, 3.63) is 101 Å². The summed E-state index contributed by atoms with van der Waals surface area (Å²) in [6, 6.07) is 19.2. The molecule has 2 amide bonds. The summed E-state index contributed by atoms with van der Waals surface area (Å²) in [5, 5.41) is 7.67. The van der Waals surface area contributed by atoms with Gasteiger partial charge in [0.25, 0.3) is 5.89 Å². The minimum Gasteiger partial charge on any atom is -0.497 e. The summed E-state index contributed by atoms with van der Waals surface area (Å²) in [6.07, 6.45) is 0. The summed E-state index contributed by atoms with van der Waals surface area (Å²) in [5.74, 6) is 0.800. The monoisotopic (exact) mass is 490 g/mol. The summed E-state index contributed by atoms with van der Waals surface area (Å²) in [5.41, 5.74) is 3.12. The Kier molecular flexibility index (Phi) is 5.96. The van der Waals surface area contributed by atoms with Gasteiger partial charge in [-0.05, 0) is 48.9 Å². The van der Waals surface area contributed by atoms with Gasteiger partial charge in [-0.1, -0.05) is 47.1 Å². The number of rotatable bonds is 5. The molecule has 0 spiro atoms. The molecule has 0 bridgehead atoms. The van der Waals surface area contributed by atoms with Crippen molar-refractivity contribution in [3.8, 4) is 17.1 Å². The number of hydrogen-bond donors (Lipinski definition) is 1. The quantitative estimate of drug-likeness (QED) is 0.358. The number of hydrogen-bond acceptors (Lipinski definition) is 5. The molecule has 0 radical (unpaired) electrons. The van der Waals surface area contributed by atoms with E-state index in [4.69, 9.17) is 20.9 Å². The minimum absolute atomic E-state index is 0.222. The van der Waals surface area contributed by atoms with Crippen molar-refractivity contribution in [3.63, 3.8) is 0 Å². The maximum absolute atomic E-state index is 13.6. The standard InChI is InChI=1S/C26H20ClFN4O3/c1-15-22(25-30-24(31-35-25)17-5-3-6-18(27)13-17)23(16-9-11-19(28)12-10-16)29-26(33)32(15)20-7-4-8-21(14-20)34-2/h3-14,23H,1-2H3,(H,29,33). The predicted octanol–water partition coefficient (Wildman–Crippen LogP) is 6.24. The largest absolute Gasteiger partial charge is 0.497 e. The molecule has 0 saturated carbocycles. The van der Waals surface area contributed by atoms with Crippen LogP contribution < -0.4 is 15.0 Å². The number of allylic oxidation sites excluding steroid dienone is 1. The van der Waals surface area contributed by atoms with Crippen LogP contribution in [0.5, 0.6) is 5.75 Å². The maximum atomic E-state index is 13.6. The zero-order valence-corrected chi connectivity index (χ0v) is 19.6. The van der Waals surface area contributed by atoms with E-state index in [1.54, 1.807) is 68.6 Å². The lowest BCUT2D eigenvalue weighted by Gasteiger charge is -2.35. The van der Waals surface area contributed by atoms with Gasteiger partial charge in [-0.15, -0.1) is 0 Å². The molecule has 3 aromatic carbocycles. The predicted molar refractivity (Wildman–Crippen MR) is 130 cm³/mol. The molecule has 7 nitrogen and oxygen atoms in total. The number of urea groups is 1. The number of halogens is 2. The van der Waals surface area contributed by atoms with Gasteiger partial charge in [0.05, 0.1) is 24.4 Å². The van der Waals surface area contributed by atoms with Crippen LogP contribution in [0.2, 0.25) is 5.02 Å². The fourth-order valence-electron chi connectivity index (χ4n) is 4.06.